The lowest BCUT2D eigenvalue weighted by Gasteiger charge is -2.69. The summed E-state index contributed by atoms with van der Waals surface area (Å²) in [6.45, 7) is 16.5. The van der Waals surface area contributed by atoms with Gasteiger partial charge in [-0.15, -0.1) is 0 Å². The molecule has 202 valence electrons. The Morgan fingerprint density at radius 2 is 1.73 bits per heavy atom. The van der Waals surface area contributed by atoms with Crippen molar-refractivity contribution in [1.82, 2.24) is 10.2 Å². The number of nitrogens with one attached hydrogen (secondary N) is 1. The molecule has 6 rings (SSSR count). The fourth-order valence-corrected chi connectivity index (χ4v) is 11.0. The van der Waals surface area contributed by atoms with Crippen molar-refractivity contribution in [3.05, 3.63) is 29.1 Å². The Kier molecular flexibility index (Phi) is 5.06. The minimum Gasteiger partial charge on any atom is -0.469 e. The predicted octanol–water partition coefficient (Wildman–Crippen LogP) is 6.58. The number of esters is 1. The summed E-state index contributed by atoms with van der Waals surface area (Å²) in [6.07, 6.45) is 12.2. The molecule has 5 aliphatic rings. The number of fused-ring (bicyclic) bond motifs is 8. The molecule has 5 heteroatoms. The number of nitrogens with zero attached hydrogens (tertiary/aromatic N) is 1. The quantitative estimate of drug-likeness (QED) is 0.437. The van der Waals surface area contributed by atoms with E-state index in [0.717, 1.165) is 51.4 Å². The van der Waals surface area contributed by atoms with E-state index in [0.29, 0.717) is 11.7 Å². The second-order valence-corrected chi connectivity index (χ2v) is 15.4. The molecule has 37 heavy (non-hydrogen) atoms. The Bertz CT molecular complexity index is 1210. The van der Waals surface area contributed by atoms with Crippen LogP contribution in [0.25, 0.3) is 0 Å². The monoisotopic (exact) mass is 506 g/mol. The fraction of sp³-hybridized carbons (Fsp3) is 0.781. The number of carbonyl (C=O) groups is 2. The van der Waals surface area contributed by atoms with Crippen molar-refractivity contribution in [3.8, 4) is 0 Å². The maximum atomic E-state index is 14.5. The van der Waals surface area contributed by atoms with E-state index >= 15 is 0 Å². The van der Waals surface area contributed by atoms with Gasteiger partial charge in [-0.3, -0.25) is 14.7 Å². The number of carbonyl (C=O) groups excluding carboxylic acids is 2. The van der Waals surface area contributed by atoms with Gasteiger partial charge in [0, 0.05) is 17.0 Å². The van der Waals surface area contributed by atoms with Crippen LogP contribution in [0.5, 0.6) is 0 Å². The van der Waals surface area contributed by atoms with Crippen LogP contribution in [0, 0.1) is 44.8 Å². The van der Waals surface area contributed by atoms with Crippen LogP contribution in [0.1, 0.15) is 105 Å². The van der Waals surface area contributed by atoms with Crippen LogP contribution in [0.4, 0.5) is 0 Å². The number of hydrogen-bond acceptors (Lipinski definition) is 4. The Labute approximate surface area is 222 Å². The first-order chi connectivity index (χ1) is 17.2. The Morgan fingerprint density at radius 1 is 1.03 bits per heavy atom. The first-order valence-electron chi connectivity index (χ1n) is 14.5. The molecule has 1 N–H and O–H groups in total. The second-order valence-electron chi connectivity index (χ2n) is 15.4. The summed E-state index contributed by atoms with van der Waals surface area (Å²) in [4.78, 5) is 27.4. The Morgan fingerprint density at radius 3 is 2.43 bits per heavy atom. The summed E-state index contributed by atoms with van der Waals surface area (Å²) >= 11 is 0. The van der Waals surface area contributed by atoms with Gasteiger partial charge in [-0.05, 0) is 103 Å². The number of rotatable bonds is 1. The summed E-state index contributed by atoms with van der Waals surface area (Å²) in [6, 6.07) is 0. The minimum atomic E-state index is -0.479. The van der Waals surface area contributed by atoms with Crippen molar-refractivity contribution in [2.75, 3.05) is 7.11 Å². The molecule has 0 aliphatic heterocycles. The highest BCUT2D eigenvalue weighted by atomic mass is 16.5. The normalized spacial score (nSPS) is 47.9. The highest BCUT2D eigenvalue weighted by Crippen LogP contribution is 2.74. The van der Waals surface area contributed by atoms with E-state index < -0.39 is 5.41 Å². The Balaban J connectivity index is 1.47. The zero-order valence-corrected chi connectivity index (χ0v) is 24.2. The van der Waals surface area contributed by atoms with Gasteiger partial charge in [-0.1, -0.05) is 47.1 Å². The van der Waals surface area contributed by atoms with Gasteiger partial charge in [0.15, 0.2) is 5.78 Å². The van der Waals surface area contributed by atoms with Crippen molar-refractivity contribution in [2.24, 2.45) is 44.8 Å². The molecule has 1 heterocycles. The summed E-state index contributed by atoms with van der Waals surface area (Å²) in [5, 5.41) is 7.75. The minimum absolute atomic E-state index is 0.00485. The summed E-state index contributed by atoms with van der Waals surface area (Å²) < 4.78 is 5.27. The number of ketones is 1. The molecule has 3 fully saturated rings. The van der Waals surface area contributed by atoms with E-state index in [9.17, 15) is 9.59 Å². The average Bonchev–Trinajstić information content (AvgIpc) is 3.29. The molecular formula is C32H46N2O3. The molecule has 1 aromatic heterocycles. The van der Waals surface area contributed by atoms with Gasteiger partial charge < -0.3 is 4.74 Å². The van der Waals surface area contributed by atoms with E-state index in [2.05, 4.69) is 64.7 Å². The third-order valence-electron chi connectivity index (χ3n) is 13.3. The summed E-state index contributed by atoms with van der Waals surface area (Å²) in [5.74, 6) is 0.913. The molecule has 0 unspecified atom stereocenters. The van der Waals surface area contributed by atoms with E-state index in [-0.39, 0.29) is 44.9 Å². The number of aromatic nitrogens is 2. The van der Waals surface area contributed by atoms with Gasteiger partial charge in [0.25, 0.3) is 0 Å². The Hall–Kier alpha value is -1.91. The zero-order valence-electron chi connectivity index (χ0n) is 24.2. The largest absolute Gasteiger partial charge is 0.469 e. The molecule has 3 saturated carbocycles. The van der Waals surface area contributed by atoms with Crippen molar-refractivity contribution >= 4 is 11.8 Å². The highest BCUT2D eigenvalue weighted by molar-refractivity contribution is 5.96. The lowest BCUT2D eigenvalue weighted by molar-refractivity contribution is -0.174. The molecule has 0 saturated heterocycles. The van der Waals surface area contributed by atoms with Crippen molar-refractivity contribution in [3.63, 3.8) is 0 Å². The number of ether oxygens (including phenoxy) is 1. The van der Waals surface area contributed by atoms with Crippen molar-refractivity contribution in [2.45, 2.75) is 105 Å². The molecule has 0 spiro atoms. The van der Waals surface area contributed by atoms with Gasteiger partial charge in [0.05, 0.1) is 18.7 Å². The van der Waals surface area contributed by atoms with Gasteiger partial charge in [0.2, 0.25) is 0 Å². The van der Waals surface area contributed by atoms with Gasteiger partial charge in [-0.25, -0.2) is 0 Å². The molecule has 0 amide bonds. The number of hydrogen-bond donors (Lipinski definition) is 1. The number of H-pyrrole nitrogens is 1. The van der Waals surface area contributed by atoms with E-state index in [1.54, 1.807) is 0 Å². The maximum absolute atomic E-state index is 14.5. The standard InChI is InChI=1S/C32H46N2O3/c1-27(2)23-9-10-32(7)24(30(23,5)16-19-18-33-34-25(19)27)22(35)15-20-21-17-29(4,26(36)37-8)12-11-28(21,3)13-14-31(20,32)6/h15,18,21,23-24H,9-14,16-17H2,1-8H3,(H,33,34)/t21-,23-,24-,28-,29+,30+,31-,32-/m1/s1. The molecule has 5 nitrogen and oxygen atoms in total. The van der Waals surface area contributed by atoms with Crippen LogP contribution in [-0.4, -0.2) is 29.1 Å². The molecule has 1 aromatic rings. The topological polar surface area (TPSA) is 72.1 Å². The molecule has 8 atom stereocenters. The van der Waals surface area contributed by atoms with Crippen LogP contribution >= 0.6 is 0 Å². The molecule has 0 bridgehead atoms. The number of allylic oxidation sites excluding steroid dienone is 2. The molecular weight excluding hydrogens is 460 g/mol. The summed E-state index contributed by atoms with van der Waals surface area (Å²) in [5.41, 5.74) is 3.28. The first kappa shape index (κ1) is 25.4. The van der Waals surface area contributed by atoms with Crippen molar-refractivity contribution < 1.29 is 14.3 Å². The fourth-order valence-electron chi connectivity index (χ4n) is 11.0. The first-order valence-corrected chi connectivity index (χ1v) is 14.5. The van der Waals surface area contributed by atoms with E-state index in [1.165, 1.54) is 23.9 Å². The van der Waals surface area contributed by atoms with Gasteiger partial charge >= 0.3 is 5.97 Å². The lowest BCUT2D eigenvalue weighted by Crippen LogP contribution is -2.66. The van der Waals surface area contributed by atoms with Crippen molar-refractivity contribution in [1.29, 1.82) is 0 Å². The lowest BCUT2D eigenvalue weighted by atomic mass is 9.33. The number of methoxy groups -OCH3 is 1. The average molecular weight is 507 g/mol. The van der Waals surface area contributed by atoms with Crippen LogP contribution in [0.2, 0.25) is 0 Å². The van der Waals surface area contributed by atoms with E-state index in [4.69, 9.17) is 4.74 Å². The third-order valence-corrected chi connectivity index (χ3v) is 13.3. The number of aromatic amines is 1. The third kappa shape index (κ3) is 2.95. The highest BCUT2D eigenvalue weighted by Gasteiger charge is 2.70. The maximum Gasteiger partial charge on any atom is 0.311 e. The van der Waals surface area contributed by atoms with Gasteiger partial charge in [0.1, 0.15) is 0 Å². The zero-order chi connectivity index (χ0) is 26.8. The molecule has 5 aliphatic carbocycles. The van der Waals surface area contributed by atoms with Crippen LogP contribution in [0.3, 0.4) is 0 Å². The van der Waals surface area contributed by atoms with Crippen LogP contribution in [-0.2, 0) is 26.2 Å². The predicted molar refractivity (Wildman–Crippen MR) is 144 cm³/mol. The summed E-state index contributed by atoms with van der Waals surface area (Å²) in [7, 11) is 1.51. The van der Waals surface area contributed by atoms with Gasteiger partial charge in [-0.2, -0.15) is 5.10 Å². The smallest absolute Gasteiger partial charge is 0.311 e. The molecule has 0 aromatic carbocycles. The van der Waals surface area contributed by atoms with Crippen LogP contribution in [0.15, 0.2) is 17.8 Å². The molecule has 0 radical (unpaired) electrons. The second kappa shape index (κ2) is 7.39. The SMILES string of the molecule is COC(=O)[C@@]1(C)CC[C@]2(C)CC[C@]3(C)C(=CC(=O)[C@@H]4[C@@]5(C)Cc6cn[nH]c6C(C)(C)[C@H]5CC[C@]43C)[C@H]2C1. The van der Waals surface area contributed by atoms with E-state index in [1.807, 2.05) is 6.20 Å². The van der Waals surface area contributed by atoms with Crippen LogP contribution < -0.4 is 0 Å².